The van der Waals surface area contributed by atoms with Gasteiger partial charge in [0.15, 0.2) is 0 Å². The summed E-state index contributed by atoms with van der Waals surface area (Å²) < 4.78 is 5.41. The number of benzene rings is 1. The number of hydrogen-bond acceptors (Lipinski definition) is 5. The van der Waals surface area contributed by atoms with Gasteiger partial charge in [0.2, 0.25) is 5.91 Å². The fourth-order valence-corrected chi connectivity index (χ4v) is 3.99. The Bertz CT molecular complexity index is 561. The first-order chi connectivity index (χ1) is 11.8. The fourth-order valence-electron chi connectivity index (χ4n) is 3.99. The summed E-state index contributed by atoms with van der Waals surface area (Å²) in [6.45, 7) is 6.01. The van der Waals surface area contributed by atoms with E-state index in [4.69, 9.17) is 4.74 Å². The van der Waals surface area contributed by atoms with E-state index in [-0.39, 0.29) is 24.2 Å². The third-order valence-electron chi connectivity index (χ3n) is 5.34. The molecule has 130 valence electrons. The van der Waals surface area contributed by atoms with Gasteiger partial charge in [0.1, 0.15) is 6.29 Å². The number of likely N-dealkylation sites (tertiary alicyclic amines) is 1. The Morgan fingerprint density at radius 3 is 2.71 bits per heavy atom. The first kappa shape index (κ1) is 16.0. The van der Waals surface area contributed by atoms with Crippen molar-refractivity contribution in [2.45, 2.75) is 25.3 Å². The second-order valence-electron chi connectivity index (χ2n) is 6.95. The highest BCUT2D eigenvalue weighted by atomic mass is 16.5. The number of piperidine rings is 1. The van der Waals surface area contributed by atoms with Crippen molar-refractivity contribution in [2.75, 3.05) is 39.4 Å². The molecule has 1 aromatic rings. The number of fused-ring (bicyclic) bond motifs is 1. The molecular formula is C18H26N4O2. The molecule has 0 radical (unpaired) electrons. The summed E-state index contributed by atoms with van der Waals surface area (Å²) in [6, 6.07) is 10.8. The van der Waals surface area contributed by atoms with Crippen molar-refractivity contribution in [3.8, 4) is 0 Å². The molecule has 0 saturated carbocycles. The average molecular weight is 330 g/mol. The number of rotatable bonds is 3. The highest BCUT2D eigenvalue weighted by Gasteiger charge is 2.41. The lowest BCUT2D eigenvalue weighted by Crippen LogP contribution is -2.71. The Labute approximate surface area is 143 Å². The maximum Gasteiger partial charge on any atom is 0.228 e. The zero-order valence-electron chi connectivity index (χ0n) is 14.0. The first-order valence-corrected chi connectivity index (χ1v) is 8.94. The number of ether oxygens (including phenoxy) is 1. The topological polar surface area (TPSA) is 56.8 Å². The molecule has 0 aliphatic carbocycles. The maximum atomic E-state index is 12.6. The fraction of sp³-hybridized carbons (Fsp3) is 0.611. The summed E-state index contributed by atoms with van der Waals surface area (Å²) in [6.07, 6.45) is 0.981. The van der Waals surface area contributed by atoms with Crippen LogP contribution in [0, 0.1) is 5.92 Å². The van der Waals surface area contributed by atoms with E-state index in [0.717, 1.165) is 52.4 Å². The third kappa shape index (κ3) is 3.47. The summed E-state index contributed by atoms with van der Waals surface area (Å²) in [7, 11) is 0. The molecule has 1 amide bonds. The lowest BCUT2D eigenvalue weighted by molar-refractivity contribution is -0.136. The average Bonchev–Trinajstić information content (AvgIpc) is 2.64. The standard InChI is InChI=1S/C18H26N4O2/c23-17-15-13-21(12-14-4-2-1-3-5-14)7-6-16(15)19-18(20-17)22-8-10-24-11-9-22/h1-5,15-16,18-19H,6-13H2,(H,20,23). The monoisotopic (exact) mass is 330 g/mol. The van der Waals surface area contributed by atoms with Crippen LogP contribution in [-0.4, -0.2) is 67.4 Å². The van der Waals surface area contributed by atoms with Gasteiger partial charge >= 0.3 is 0 Å². The van der Waals surface area contributed by atoms with Crippen LogP contribution in [0.3, 0.4) is 0 Å². The SMILES string of the molecule is O=C1NC(N2CCOCC2)NC2CCN(Cc3ccccc3)CC12. The van der Waals surface area contributed by atoms with Gasteiger partial charge in [0.05, 0.1) is 19.1 Å². The van der Waals surface area contributed by atoms with Crippen molar-refractivity contribution in [2.24, 2.45) is 5.92 Å². The Morgan fingerprint density at radius 1 is 1.12 bits per heavy atom. The summed E-state index contributed by atoms with van der Waals surface area (Å²) in [4.78, 5) is 17.3. The molecule has 0 spiro atoms. The number of carbonyl (C=O) groups is 1. The third-order valence-corrected chi connectivity index (χ3v) is 5.34. The normalized spacial score (nSPS) is 32.2. The van der Waals surface area contributed by atoms with Crippen LogP contribution in [-0.2, 0) is 16.1 Å². The van der Waals surface area contributed by atoms with Gasteiger partial charge in [-0.25, -0.2) is 0 Å². The Morgan fingerprint density at radius 2 is 1.92 bits per heavy atom. The van der Waals surface area contributed by atoms with Gasteiger partial charge < -0.3 is 10.1 Å². The van der Waals surface area contributed by atoms with Crippen molar-refractivity contribution in [3.63, 3.8) is 0 Å². The molecule has 1 aromatic carbocycles. The van der Waals surface area contributed by atoms with E-state index >= 15 is 0 Å². The van der Waals surface area contributed by atoms with Crippen LogP contribution < -0.4 is 10.6 Å². The lowest BCUT2D eigenvalue weighted by Gasteiger charge is -2.47. The molecule has 3 aliphatic rings. The number of nitrogens with one attached hydrogen (secondary N) is 2. The van der Waals surface area contributed by atoms with E-state index in [1.165, 1.54) is 5.56 Å². The Hall–Kier alpha value is -1.47. The lowest BCUT2D eigenvalue weighted by atomic mass is 9.89. The van der Waals surface area contributed by atoms with E-state index < -0.39 is 0 Å². The van der Waals surface area contributed by atoms with Crippen LogP contribution in [0.4, 0.5) is 0 Å². The van der Waals surface area contributed by atoms with Gasteiger partial charge in [-0.1, -0.05) is 30.3 Å². The van der Waals surface area contributed by atoms with Crippen LogP contribution in [0.1, 0.15) is 12.0 Å². The van der Waals surface area contributed by atoms with E-state index in [1.54, 1.807) is 0 Å². The van der Waals surface area contributed by atoms with Gasteiger partial charge in [-0.05, 0) is 12.0 Å². The summed E-state index contributed by atoms with van der Waals surface area (Å²) >= 11 is 0. The molecular weight excluding hydrogens is 304 g/mol. The van der Waals surface area contributed by atoms with E-state index in [0.29, 0.717) is 0 Å². The molecule has 3 atom stereocenters. The van der Waals surface area contributed by atoms with Gasteiger partial charge in [-0.2, -0.15) is 0 Å². The van der Waals surface area contributed by atoms with Crippen molar-refractivity contribution < 1.29 is 9.53 Å². The highest BCUT2D eigenvalue weighted by molar-refractivity contribution is 5.81. The number of nitrogens with zero attached hydrogens (tertiary/aromatic N) is 2. The number of morpholine rings is 1. The van der Waals surface area contributed by atoms with Crippen LogP contribution >= 0.6 is 0 Å². The summed E-state index contributed by atoms with van der Waals surface area (Å²) in [5.41, 5.74) is 1.31. The van der Waals surface area contributed by atoms with Crippen LogP contribution in [0.25, 0.3) is 0 Å². The second kappa shape index (κ2) is 7.19. The van der Waals surface area contributed by atoms with Gasteiger partial charge in [-0.15, -0.1) is 0 Å². The van der Waals surface area contributed by atoms with Gasteiger partial charge in [-0.3, -0.25) is 19.9 Å². The van der Waals surface area contributed by atoms with Crippen LogP contribution in [0.2, 0.25) is 0 Å². The zero-order valence-corrected chi connectivity index (χ0v) is 14.0. The van der Waals surface area contributed by atoms with Crippen molar-refractivity contribution >= 4 is 5.91 Å². The van der Waals surface area contributed by atoms with Crippen molar-refractivity contribution in [1.82, 2.24) is 20.4 Å². The predicted molar refractivity (Wildman–Crippen MR) is 91.1 cm³/mol. The van der Waals surface area contributed by atoms with Gasteiger partial charge in [0, 0.05) is 38.8 Å². The van der Waals surface area contributed by atoms with Crippen molar-refractivity contribution in [3.05, 3.63) is 35.9 Å². The predicted octanol–water partition coefficient (Wildman–Crippen LogP) is 0.212. The highest BCUT2D eigenvalue weighted by Crippen LogP contribution is 2.23. The molecule has 3 fully saturated rings. The Kier molecular flexibility index (Phi) is 4.80. The molecule has 3 heterocycles. The first-order valence-electron chi connectivity index (χ1n) is 8.94. The zero-order chi connectivity index (χ0) is 16.4. The molecule has 4 rings (SSSR count). The number of carbonyl (C=O) groups excluding carboxylic acids is 1. The van der Waals surface area contributed by atoms with E-state index in [9.17, 15) is 4.79 Å². The molecule has 0 aromatic heterocycles. The van der Waals surface area contributed by atoms with E-state index in [2.05, 4.69) is 44.7 Å². The minimum absolute atomic E-state index is 0.0386. The molecule has 24 heavy (non-hydrogen) atoms. The number of hydrogen-bond donors (Lipinski definition) is 2. The molecule has 6 nitrogen and oxygen atoms in total. The molecule has 3 aliphatic heterocycles. The quantitative estimate of drug-likeness (QED) is 0.830. The van der Waals surface area contributed by atoms with E-state index in [1.807, 2.05) is 6.07 Å². The molecule has 0 bridgehead atoms. The molecule has 2 N–H and O–H groups in total. The number of amides is 1. The molecule has 3 unspecified atom stereocenters. The Balaban J connectivity index is 1.36. The molecule has 3 saturated heterocycles. The van der Waals surface area contributed by atoms with Crippen LogP contribution in [0.5, 0.6) is 0 Å². The van der Waals surface area contributed by atoms with Crippen molar-refractivity contribution in [1.29, 1.82) is 0 Å². The minimum Gasteiger partial charge on any atom is -0.379 e. The van der Waals surface area contributed by atoms with Gasteiger partial charge in [0.25, 0.3) is 0 Å². The largest absolute Gasteiger partial charge is 0.379 e. The summed E-state index contributed by atoms with van der Waals surface area (Å²) in [5, 5.41) is 6.82. The molecule has 6 heteroatoms. The summed E-state index contributed by atoms with van der Waals surface area (Å²) in [5.74, 6) is 0.229. The second-order valence-corrected chi connectivity index (χ2v) is 6.95. The smallest absolute Gasteiger partial charge is 0.228 e. The maximum absolute atomic E-state index is 12.6. The van der Waals surface area contributed by atoms with Crippen LogP contribution in [0.15, 0.2) is 30.3 Å². The minimum atomic E-state index is -0.0386.